The normalized spacial score (nSPS) is 11.0. The van der Waals surface area contributed by atoms with Crippen LogP contribution < -0.4 is 5.32 Å². The van der Waals surface area contributed by atoms with Gasteiger partial charge in [0.1, 0.15) is 5.82 Å². The zero-order valence-corrected chi connectivity index (χ0v) is 13.2. The molecule has 0 saturated carbocycles. The van der Waals surface area contributed by atoms with Gasteiger partial charge in [-0.3, -0.25) is 0 Å². The number of aromatic nitrogens is 1. The highest BCUT2D eigenvalue weighted by molar-refractivity contribution is 7.22. The Morgan fingerprint density at radius 1 is 1.14 bits per heavy atom. The third kappa shape index (κ3) is 3.46. The molecule has 0 bridgehead atoms. The minimum atomic E-state index is -0.245. The van der Waals surface area contributed by atoms with Gasteiger partial charge in [0.15, 0.2) is 5.13 Å². The number of nitrogens with zero attached hydrogens (tertiary/aromatic N) is 1. The van der Waals surface area contributed by atoms with Crippen LogP contribution in [0.15, 0.2) is 36.4 Å². The Kier molecular flexibility index (Phi) is 4.29. The highest BCUT2D eigenvalue weighted by atomic mass is 35.5. The molecule has 0 saturated heterocycles. The summed E-state index contributed by atoms with van der Waals surface area (Å²) < 4.78 is 14.0. The van der Waals surface area contributed by atoms with Gasteiger partial charge in [-0.25, -0.2) is 9.37 Å². The Morgan fingerprint density at radius 2 is 2.00 bits per heavy atom. The third-order valence-corrected chi connectivity index (χ3v) is 4.60. The Bertz CT molecular complexity index is 788. The molecule has 0 fully saturated rings. The number of anilines is 1. The van der Waals surface area contributed by atoms with Crippen LogP contribution in [-0.4, -0.2) is 11.5 Å². The van der Waals surface area contributed by atoms with E-state index >= 15 is 0 Å². The number of benzene rings is 2. The molecule has 0 aliphatic heterocycles. The lowest BCUT2D eigenvalue weighted by atomic mass is 10.1. The zero-order chi connectivity index (χ0) is 14.8. The maximum Gasteiger partial charge on any atom is 0.183 e. The van der Waals surface area contributed by atoms with Crippen molar-refractivity contribution in [2.75, 3.05) is 11.9 Å². The van der Waals surface area contributed by atoms with Crippen molar-refractivity contribution in [3.8, 4) is 0 Å². The summed E-state index contributed by atoms with van der Waals surface area (Å²) in [6.07, 6.45) is 0.764. The van der Waals surface area contributed by atoms with Gasteiger partial charge in [-0.1, -0.05) is 40.6 Å². The first-order valence-electron chi connectivity index (χ1n) is 6.36. The molecular weight excluding hydrogens is 330 g/mol. The smallest absolute Gasteiger partial charge is 0.183 e. The van der Waals surface area contributed by atoms with E-state index in [9.17, 15) is 4.39 Å². The van der Waals surface area contributed by atoms with Gasteiger partial charge in [0.2, 0.25) is 0 Å². The summed E-state index contributed by atoms with van der Waals surface area (Å²) in [7, 11) is 0. The number of hydrogen-bond donors (Lipinski definition) is 1. The monoisotopic (exact) mass is 340 g/mol. The second-order valence-electron chi connectivity index (χ2n) is 4.54. The first-order valence-corrected chi connectivity index (χ1v) is 7.93. The Labute approximate surface area is 135 Å². The summed E-state index contributed by atoms with van der Waals surface area (Å²) >= 11 is 13.4. The van der Waals surface area contributed by atoms with Crippen molar-refractivity contribution in [1.82, 2.24) is 4.98 Å². The van der Waals surface area contributed by atoms with Crippen LogP contribution >= 0.6 is 34.5 Å². The molecule has 6 heteroatoms. The van der Waals surface area contributed by atoms with Crippen molar-refractivity contribution in [3.05, 3.63) is 57.8 Å². The van der Waals surface area contributed by atoms with Crippen LogP contribution in [0.3, 0.4) is 0 Å². The van der Waals surface area contributed by atoms with Crippen molar-refractivity contribution in [2.24, 2.45) is 0 Å². The van der Waals surface area contributed by atoms with E-state index in [2.05, 4.69) is 10.3 Å². The molecule has 1 aromatic heterocycles. The molecule has 0 spiro atoms. The summed E-state index contributed by atoms with van der Waals surface area (Å²) in [5.41, 5.74) is 1.83. The number of rotatable bonds is 4. The van der Waals surface area contributed by atoms with Crippen molar-refractivity contribution >= 4 is 49.9 Å². The van der Waals surface area contributed by atoms with E-state index < -0.39 is 0 Å². The van der Waals surface area contributed by atoms with Crippen LogP contribution in [0.5, 0.6) is 0 Å². The predicted octanol–water partition coefficient (Wildman–Crippen LogP) is 5.40. The molecule has 3 rings (SSSR count). The van der Waals surface area contributed by atoms with Gasteiger partial charge in [0, 0.05) is 16.6 Å². The average Bonchev–Trinajstić information content (AvgIpc) is 2.83. The Morgan fingerprint density at radius 3 is 2.81 bits per heavy atom. The Balaban J connectivity index is 1.66. The lowest BCUT2D eigenvalue weighted by Gasteiger charge is -2.05. The maximum absolute atomic E-state index is 13.1. The van der Waals surface area contributed by atoms with Gasteiger partial charge in [-0.2, -0.15) is 0 Å². The summed E-state index contributed by atoms with van der Waals surface area (Å²) in [6, 6.07) is 10.1. The number of halogens is 3. The van der Waals surface area contributed by atoms with Crippen LogP contribution in [0.1, 0.15) is 5.56 Å². The number of fused-ring (bicyclic) bond motifs is 1. The highest BCUT2D eigenvalue weighted by Crippen LogP contribution is 2.27. The molecule has 2 nitrogen and oxygen atoms in total. The number of nitrogens with one attached hydrogen (secondary N) is 1. The van der Waals surface area contributed by atoms with Crippen molar-refractivity contribution in [2.45, 2.75) is 6.42 Å². The fourth-order valence-corrected chi connectivity index (χ4v) is 3.42. The fourth-order valence-electron chi connectivity index (χ4n) is 2.00. The van der Waals surface area contributed by atoms with E-state index in [0.29, 0.717) is 16.6 Å². The molecule has 0 aliphatic rings. The van der Waals surface area contributed by atoms with Gasteiger partial charge >= 0.3 is 0 Å². The molecule has 108 valence electrons. The van der Waals surface area contributed by atoms with Crippen LogP contribution in [0.2, 0.25) is 10.0 Å². The molecule has 0 aliphatic carbocycles. The fraction of sp³-hybridized carbons (Fsp3) is 0.133. The van der Waals surface area contributed by atoms with E-state index in [1.807, 2.05) is 12.1 Å². The molecule has 1 heterocycles. The number of thiazole rings is 1. The highest BCUT2D eigenvalue weighted by Gasteiger charge is 2.05. The van der Waals surface area contributed by atoms with Crippen molar-refractivity contribution in [1.29, 1.82) is 0 Å². The van der Waals surface area contributed by atoms with Crippen LogP contribution in [0.4, 0.5) is 9.52 Å². The molecule has 2 aromatic carbocycles. The van der Waals surface area contributed by atoms with Gasteiger partial charge in [-0.05, 0) is 42.3 Å². The molecule has 0 amide bonds. The summed E-state index contributed by atoms with van der Waals surface area (Å²) in [5, 5.41) is 5.31. The molecular formula is C15H11Cl2FN2S. The minimum Gasteiger partial charge on any atom is -0.361 e. The SMILES string of the molecule is Fc1ccc2nc(NCCc3ccc(Cl)cc3Cl)sc2c1. The lowest BCUT2D eigenvalue weighted by Crippen LogP contribution is -2.04. The van der Waals surface area contributed by atoms with E-state index in [1.54, 1.807) is 12.1 Å². The van der Waals surface area contributed by atoms with E-state index in [4.69, 9.17) is 23.2 Å². The van der Waals surface area contributed by atoms with Gasteiger partial charge < -0.3 is 5.32 Å². The second kappa shape index (κ2) is 6.18. The van der Waals surface area contributed by atoms with Gasteiger partial charge in [0.05, 0.1) is 10.2 Å². The second-order valence-corrected chi connectivity index (χ2v) is 6.42. The average molecular weight is 341 g/mol. The van der Waals surface area contributed by atoms with E-state index in [1.165, 1.54) is 23.5 Å². The topological polar surface area (TPSA) is 24.9 Å². The summed E-state index contributed by atoms with van der Waals surface area (Å²) in [5.74, 6) is -0.245. The summed E-state index contributed by atoms with van der Waals surface area (Å²) in [4.78, 5) is 4.41. The lowest BCUT2D eigenvalue weighted by molar-refractivity contribution is 0.630. The van der Waals surface area contributed by atoms with Gasteiger partial charge in [-0.15, -0.1) is 0 Å². The standard InChI is InChI=1S/C15H11Cl2FN2S/c16-10-2-1-9(12(17)7-10)5-6-19-15-20-13-4-3-11(18)8-14(13)21-15/h1-4,7-8H,5-6H2,(H,19,20). The predicted molar refractivity (Wildman–Crippen MR) is 88.2 cm³/mol. The van der Waals surface area contributed by atoms with E-state index in [0.717, 1.165) is 27.3 Å². The summed E-state index contributed by atoms with van der Waals surface area (Å²) in [6.45, 7) is 0.698. The molecule has 21 heavy (non-hydrogen) atoms. The quantitative estimate of drug-likeness (QED) is 0.688. The van der Waals surface area contributed by atoms with Crippen LogP contribution in [0, 0.1) is 5.82 Å². The van der Waals surface area contributed by atoms with Crippen LogP contribution in [-0.2, 0) is 6.42 Å². The number of hydrogen-bond acceptors (Lipinski definition) is 3. The van der Waals surface area contributed by atoms with Crippen molar-refractivity contribution < 1.29 is 4.39 Å². The first-order chi connectivity index (χ1) is 10.1. The molecule has 3 aromatic rings. The largest absolute Gasteiger partial charge is 0.361 e. The molecule has 0 atom stereocenters. The van der Waals surface area contributed by atoms with Gasteiger partial charge in [0.25, 0.3) is 0 Å². The van der Waals surface area contributed by atoms with E-state index in [-0.39, 0.29) is 5.82 Å². The Hall–Kier alpha value is -1.36. The van der Waals surface area contributed by atoms with Crippen molar-refractivity contribution in [3.63, 3.8) is 0 Å². The minimum absolute atomic E-state index is 0.245. The third-order valence-electron chi connectivity index (χ3n) is 3.04. The van der Waals surface area contributed by atoms with Crippen LogP contribution in [0.25, 0.3) is 10.2 Å². The maximum atomic E-state index is 13.1. The first kappa shape index (κ1) is 14.6. The molecule has 0 radical (unpaired) electrons. The molecule has 0 unspecified atom stereocenters. The molecule has 1 N–H and O–H groups in total. The zero-order valence-electron chi connectivity index (χ0n) is 10.9.